The summed E-state index contributed by atoms with van der Waals surface area (Å²) in [6.07, 6.45) is 2.12. The Labute approximate surface area is 166 Å². The molecule has 2 rings (SSSR count). The molecule has 1 heterocycles. The number of amides is 2. The fourth-order valence-electron chi connectivity index (χ4n) is 3.23. The van der Waals surface area contributed by atoms with E-state index in [0.29, 0.717) is 23.9 Å². The second-order valence-corrected chi connectivity index (χ2v) is 6.93. The second-order valence-electron chi connectivity index (χ2n) is 6.93. The lowest BCUT2D eigenvalue weighted by molar-refractivity contribution is -0.862. The third kappa shape index (κ3) is 5.93. The van der Waals surface area contributed by atoms with Gasteiger partial charge in [-0.1, -0.05) is 0 Å². The minimum absolute atomic E-state index is 0.0659. The maximum absolute atomic E-state index is 13.7. The van der Waals surface area contributed by atoms with Gasteiger partial charge < -0.3 is 19.9 Å². The summed E-state index contributed by atoms with van der Waals surface area (Å²) in [6.45, 7) is 2.08. The maximum Gasteiger partial charge on any atom is 0.328 e. The number of hydrogen-bond donors (Lipinski definition) is 2. The van der Waals surface area contributed by atoms with Gasteiger partial charge in [0.05, 0.1) is 19.3 Å². The Morgan fingerprint density at radius 2 is 1.90 bits per heavy atom. The Kier molecular flexibility index (Phi) is 8.00. The molecule has 0 bridgehead atoms. The molecule has 0 aromatic heterocycles. The third-order valence-electron chi connectivity index (χ3n) is 4.61. The number of anilines is 1. The number of hydrogen-bond acceptors (Lipinski definition) is 4. The topological polar surface area (TPSA) is 80.2 Å². The second kappa shape index (κ2) is 10.2. The number of likely N-dealkylation sites (N-methyl/N-ethyl adjacent to an activating group) is 1. The largest absolute Gasteiger partial charge is 0.464 e. The summed E-state index contributed by atoms with van der Waals surface area (Å²) in [5.74, 6) is -5.92. The van der Waals surface area contributed by atoms with Crippen LogP contribution >= 0.6 is 0 Å². The molecule has 0 aliphatic carbocycles. The van der Waals surface area contributed by atoms with E-state index in [4.69, 9.17) is 4.74 Å². The molecule has 1 aromatic rings. The van der Waals surface area contributed by atoms with Crippen molar-refractivity contribution in [3.63, 3.8) is 0 Å². The predicted molar refractivity (Wildman–Crippen MR) is 97.6 cm³/mol. The van der Waals surface area contributed by atoms with Gasteiger partial charge in [-0.15, -0.1) is 0 Å². The summed E-state index contributed by atoms with van der Waals surface area (Å²) in [7, 11) is 1.59. The number of ether oxygens (including phenoxy) is 1. The molecule has 1 aliphatic heterocycles. The number of benzene rings is 1. The van der Waals surface area contributed by atoms with E-state index in [1.165, 1.54) is 4.90 Å². The minimum atomic E-state index is -1.67. The van der Waals surface area contributed by atoms with Crippen LogP contribution in [0.5, 0.6) is 0 Å². The molecular weight excluding hydrogens is 391 g/mol. The Hall–Kier alpha value is -2.62. The summed E-state index contributed by atoms with van der Waals surface area (Å²) in [5, 5.41) is 2.17. The summed E-state index contributed by atoms with van der Waals surface area (Å²) in [6, 6.07) is 0.998. The quantitative estimate of drug-likeness (QED) is 0.501. The van der Waals surface area contributed by atoms with Crippen LogP contribution < -0.4 is 10.2 Å². The maximum atomic E-state index is 13.7. The van der Waals surface area contributed by atoms with Crippen LogP contribution in [0.2, 0.25) is 0 Å². The first kappa shape index (κ1) is 22.7. The Bertz CT molecular complexity index is 775. The highest BCUT2D eigenvalue weighted by Crippen LogP contribution is 2.19. The Balaban J connectivity index is 1.92. The number of nitrogens with one attached hydrogen (secondary N) is 2. The smallest absolute Gasteiger partial charge is 0.328 e. The number of piperidine rings is 1. The zero-order chi connectivity index (χ0) is 21.6. The highest BCUT2D eigenvalue weighted by Gasteiger charge is 2.34. The van der Waals surface area contributed by atoms with Crippen molar-refractivity contribution in [2.75, 3.05) is 38.6 Å². The van der Waals surface area contributed by atoms with Crippen molar-refractivity contribution < 1.29 is 37.2 Å². The van der Waals surface area contributed by atoms with Gasteiger partial charge in [0.1, 0.15) is 6.04 Å². The van der Waals surface area contributed by atoms with Gasteiger partial charge in [0.15, 0.2) is 30.5 Å². The number of rotatable bonds is 7. The molecular formula is C19H25F3N3O4+. The van der Waals surface area contributed by atoms with E-state index in [0.717, 1.165) is 18.9 Å². The molecule has 0 radical (unpaired) electrons. The van der Waals surface area contributed by atoms with Gasteiger partial charge in [0.2, 0.25) is 0 Å². The Morgan fingerprint density at radius 3 is 2.59 bits per heavy atom. The van der Waals surface area contributed by atoms with Gasteiger partial charge in [-0.3, -0.25) is 9.59 Å². The van der Waals surface area contributed by atoms with Crippen molar-refractivity contribution in [2.24, 2.45) is 0 Å². The lowest BCUT2D eigenvalue weighted by atomic mass is 10.0. The minimum Gasteiger partial charge on any atom is -0.464 e. The molecule has 160 valence electrons. The van der Waals surface area contributed by atoms with Gasteiger partial charge in [0.25, 0.3) is 11.8 Å². The molecule has 7 nitrogen and oxygen atoms in total. The summed E-state index contributed by atoms with van der Waals surface area (Å²) >= 11 is 0. The fraction of sp³-hybridized carbons (Fsp3) is 0.526. The molecule has 1 fully saturated rings. The highest BCUT2D eigenvalue weighted by molar-refractivity contribution is 5.91. The summed E-state index contributed by atoms with van der Waals surface area (Å²) in [5.41, 5.74) is -0.480. The van der Waals surface area contributed by atoms with E-state index in [2.05, 4.69) is 5.32 Å². The average molecular weight is 416 g/mol. The summed E-state index contributed by atoms with van der Waals surface area (Å²) < 4.78 is 44.9. The first-order chi connectivity index (χ1) is 13.7. The number of likely N-dealkylation sites (tertiary alicyclic amines) is 1. The molecule has 2 atom stereocenters. The van der Waals surface area contributed by atoms with Gasteiger partial charge in [-0.05, 0) is 38.3 Å². The van der Waals surface area contributed by atoms with Crippen molar-refractivity contribution in [3.8, 4) is 0 Å². The zero-order valence-electron chi connectivity index (χ0n) is 16.4. The highest BCUT2D eigenvalue weighted by atomic mass is 19.2. The van der Waals surface area contributed by atoms with E-state index in [9.17, 15) is 27.6 Å². The first-order valence-electron chi connectivity index (χ1n) is 9.45. The van der Waals surface area contributed by atoms with Crippen molar-refractivity contribution in [3.05, 3.63) is 29.6 Å². The van der Waals surface area contributed by atoms with Crippen LogP contribution in [0.3, 0.4) is 0 Å². The molecule has 29 heavy (non-hydrogen) atoms. The fourth-order valence-corrected chi connectivity index (χ4v) is 3.23. The van der Waals surface area contributed by atoms with Gasteiger partial charge in [-0.2, -0.15) is 0 Å². The van der Waals surface area contributed by atoms with Crippen molar-refractivity contribution in [1.29, 1.82) is 0 Å². The number of quaternary nitrogens is 1. The van der Waals surface area contributed by atoms with Crippen molar-refractivity contribution in [2.45, 2.75) is 32.2 Å². The Morgan fingerprint density at radius 1 is 1.17 bits per heavy atom. The van der Waals surface area contributed by atoms with Gasteiger partial charge in [-0.25, -0.2) is 18.0 Å². The van der Waals surface area contributed by atoms with Crippen LogP contribution in [0.15, 0.2) is 12.1 Å². The average Bonchev–Trinajstić information content (AvgIpc) is 2.68. The third-order valence-corrected chi connectivity index (χ3v) is 4.61. The van der Waals surface area contributed by atoms with Crippen LogP contribution in [0.25, 0.3) is 0 Å². The van der Waals surface area contributed by atoms with Crippen LogP contribution in [0.4, 0.5) is 18.9 Å². The van der Waals surface area contributed by atoms with Crippen molar-refractivity contribution in [1.82, 2.24) is 4.90 Å². The van der Waals surface area contributed by atoms with Crippen molar-refractivity contribution >= 4 is 23.5 Å². The molecule has 10 heteroatoms. The lowest BCUT2D eigenvalue weighted by Gasteiger charge is -2.34. The monoisotopic (exact) mass is 416 g/mol. The van der Waals surface area contributed by atoms with Crippen LogP contribution in [-0.2, 0) is 19.1 Å². The van der Waals surface area contributed by atoms with Gasteiger partial charge in [0, 0.05) is 6.54 Å². The SMILES string of the molecule is CCOC(=O)[C@@H]1CCCCN1C(=O)C[NH+](C)CC(=O)Nc1ccc(F)c(F)c1F. The first-order valence-corrected chi connectivity index (χ1v) is 9.45. The molecule has 1 saturated heterocycles. The number of esters is 1. The van der Waals surface area contributed by atoms with Crippen LogP contribution in [0, 0.1) is 17.5 Å². The van der Waals surface area contributed by atoms with Crippen LogP contribution in [-0.4, -0.2) is 62.0 Å². The molecule has 0 spiro atoms. The van der Waals surface area contributed by atoms with E-state index >= 15 is 0 Å². The van der Waals surface area contributed by atoms with E-state index < -0.39 is 41.1 Å². The summed E-state index contributed by atoms with van der Waals surface area (Å²) in [4.78, 5) is 38.7. The number of nitrogens with zero attached hydrogens (tertiary/aromatic N) is 1. The van der Waals surface area contributed by atoms with E-state index in [1.807, 2.05) is 0 Å². The van der Waals surface area contributed by atoms with Crippen LogP contribution in [0.1, 0.15) is 26.2 Å². The number of carbonyl (C=O) groups excluding carboxylic acids is 3. The van der Waals surface area contributed by atoms with E-state index in [1.54, 1.807) is 14.0 Å². The normalized spacial score (nSPS) is 17.6. The molecule has 1 unspecified atom stereocenters. The molecule has 2 amide bonds. The predicted octanol–water partition coefficient (Wildman–Crippen LogP) is 0.501. The number of carbonyl (C=O) groups is 3. The zero-order valence-corrected chi connectivity index (χ0v) is 16.4. The molecule has 1 aromatic carbocycles. The van der Waals surface area contributed by atoms with E-state index in [-0.39, 0.29) is 25.6 Å². The molecule has 0 saturated carbocycles. The number of halogens is 3. The lowest BCUT2D eigenvalue weighted by Crippen LogP contribution is -3.11. The standard InChI is InChI=1S/C19H24F3N3O4/c1-3-29-19(28)14-6-4-5-9-25(14)16(27)11-24(2)10-15(26)23-13-8-7-12(20)17(21)18(13)22/h7-8,14H,3-6,9-11H2,1-2H3,(H,23,26)/p+1/t14-/m0/s1. The molecule has 1 aliphatic rings. The molecule has 2 N–H and O–H groups in total. The van der Waals surface area contributed by atoms with Gasteiger partial charge >= 0.3 is 5.97 Å².